The van der Waals surface area contributed by atoms with E-state index in [0.29, 0.717) is 11.5 Å². The molecule has 1 rings (SSSR count). The molecule has 0 spiro atoms. The van der Waals surface area contributed by atoms with E-state index < -0.39 is 0 Å². The van der Waals surface area contributed by atoms with E-state index in [4.69, 9.17) is 5.73 Å². The first-order valence-electron chi connectivity index (χ1n) is 3.41. The zero-order chi connectivity index (χ0) is 6.20. The lowest BCUT2D eigenvalue weighted by atomic mass is 9.66. The van der Waals surface area contributed by atoms with E-state index in [0.717, 1.165) is 0 Å². The van der Waals surface area contributed by atoms with Gasteiger partial charge < -0.3 is 5.73 Å². The molecule has 1 fully saturated rings. The SMILES string of the molecule is C[C@H](N)C1(C)CCC1. The maximum absolute atomic E-state index is 5.73. The Bertz CT molecular complexity index is 82.4. The molecule has 0 unspecified atom stereocenters. The van der Waals surface area contributed by atoms with E-state index in [9.17, 15) is 0 Å². The highest BCUT2D eigenvalue weighted by Gasteiger charge is 2.34. The third kappa shape index (κ3) is 0.752. The Morgan fingerprint density at radius 2 is 2.00 bits per heavy atom. The van der Waals surface area contributed by atoms with Crippen LogP contribution in [0.3, 0.4) is 0 Å². The van der Waals surface area contributed by atoms with Gasteiger partial charge >= 0.3 is 0 Å². The first kappa shape index (κ1) is 6.09. The van der Waals surface area contributed by atoms with Gasteiger partial charge in [-0.2, -0.15) is 0 Å². The van der Waals surface area contributed by atoms with Crippen molar-refractivity contribution in [2.24, 2.45) is 11.1 Å². The zero-order valence-electron chi connectivity index (χ0n) is 5.78. The Labute approximate surface area is 51.3 Å². The van der Waals surface area contributed by atoms with Gasteiger partial charge in [-0.1, -0.05) is 13.3 Å². The molecule has 0 bridgehead atoms. The quantitative estimate of drug-likeness (QED) is 0.548. The van der Waals surface area contributed by atoms with Crippen molar-refractivity contribution in [2.45, 2.75) is 39.2 Å². The van der Waals surface area contributed by atoms with Crippen LogP contribution in [0.4, 0.5) is 0 Å². The Kier molecular flexibility index (Phi) is 1.31. The highest BCUT2D eigenvalue weighted by Crippen LogP contribution is 2.42. The molecule has 1 heteroatoms. The molecule has 1 aliphatic rings. The summed E-state index contributed by atoms with van der Waals surface area (Å²) in [5.74, 6) is 0. The number of hydrogen-bond donors (Lipinski definition) is 1. The fourth-order valence-electron chi connectivity index (χ4n) is 1.19. The Balaban J connectivity index is 2.41. The smallest absolute Gasteiger partial charge is 0.00643 e. The molecule has 48 valence electrons. The molecule has 0 saturated heterocycles. The van der Waals surface area contributed by atoms with Crippen molar-refractivity contribution in [1.29, 1.82) is 0 Å². The van der Waals surface area contributed by atoms with Crippen molar-refractivity contribution >= 4 is 0 Å². The predicted molar refractivity (Wildman–Crippen MR) is 35.6 cm³/mol. The lowest BCUT2D eigenvalue weighted by Gasteiger charge is -2.41. The summed E-state index contributed by atoms with van der Waals surface area (Å²) in [4.78, 5) is 0. The van der Waals surface area contributed by atoms with Gasteiger partial charge in [-0.3, -0.25) is 0 Å². The average Bonchev–Trinajstić information content (AvgIpc) is 1.60. The van der Waals surface area contributed by atoms with Gasteiger partial charge in [-0.15, -0.1) is 0 Å². The third-order valence-electron chi connectivity index (χ3n) is 2.60. The summed E-state index contributed by atoms with van der Waals surface area (Å²) in [5.41, 5.74) is 6.23. The highest BCUT2D eigenvalue weighted by molar-refractivity contribution is 4.89. The van der Waals surface area contributed by atoms with Gasteiger partial charge in [-0.25, -0.2) is 0 Å². The molecule has 1 atom stereocenters. The lowest BCUT2D eigenvalue weighted by Crippen LogP contribution is -2.42. The number of rotatable bonds is 1. The van der Waals surface area contributed by atoms with Crippen LogP contribution in [0.1, 0.15) is 33.1 Å². The van der Waals surface area contributed by atoms with Crippen LogP contribution in [-0.2, 0) is 0 Å². The van der Waals surface area contributed by atoms with Crippen molar-refractivity contribution in [2.75, 3.05) is 0 Å². The Hall–Kier alpha value is -0.0400. The standard InChI is InChI=1S/C7H15N/c1-6(8)7(2)4-3-5-7/h6H,3-5,8H2,1-2H3/t6-/m0/s1. The van der Waals surface area contributed by atoms with Crippen LogP contribution in [0.2, 0.25) is 0 Å². The van der Waals surface area contributed by atoms with Gasteiger partial charge in [0.05, 0.1) is 0 Å². The van der Waals surface area contributed by atoms with Crippen LogP contribution in [0.15, 0.2) is 0 Å². The van der Waals surface area contributed by atoms with E-state index in [-0.39, 0.29) is 0 Å². The summed E-state index contributed by atoms with van der Waals surface area (Å²) >= 11 is 0. The summed E-state index contributed by atoms with van der Waals surface area (Å²) in [6.45, 7) is 4.39. The first-order valence-corrected chi connectivity index (χ1v) is 3.41. The number of hydrogen-bond acceptors (Lipinski definition) is 1. The van der Waals surface area contributed by atoms with Crippen molar-refractivity contribution in [3.8, 4) is 0 Å². The van der Waals surface area contributed by atoms with Gasteiger partial charge in [0.25, 0.3) is 0 Å². The van der Waals surface area contributed by atoms with Crippen molar-refractivity contribution in [3.63, 3.8) is 0 Å². The van der Waals surface area contributed by atoms with Crippen LogP contribution in [0.5, 0.6) is 0 Å². The summed E-state index contributed by atoms with van der Waals surface area (Å²) in [7, 11) is 0. The molecule has 0 amide bonds. The monoisotopic (exact) mass is 113 g/mol. The zero-order valence-corrected chi connectivity index (χ0v) is 5.78. The summed E-state index contributed by atoms with van der Waals surface area (Å²) < 4.78 is 0. The molecule has 1 aliphatic carbocycles. The third-order valence-corrected chi connectivity index (χ3v) is 2.60. The molecule has 0 heterocycles. The van der Waals surface area contributed by atoms with Crippen LogP contribution < -0.4 is 5.73 Å². The Morgan fingerprint density at radius 1 is 1.50 bits per heavy atom. The fraction of sp³-hybridized carbons (Fsp3) is 1.00. The average molecular weight is 113 g/mol. The van der Waals surface area contributed by atoms with Gasteiger partial charge in [0.1, 0.15) is 0 Å². The predicted octanol–water partition coefficient (Wildman–Crippen LogP) is 1.52. The van der Waals surface area contributed by atoms with E-state index in [1.165, 1.54) is 19.3 Å². The van der Waals surface area contributed by atoms with Crippen LogP contribution in [0, 0.1) is 5.41 Å². The largest absolute Gasteiger partial charge is 0.327 e. The van der Waals surface area contributed by atoms with Crippen molar-refractivity contribution in [1.82, 2.24) is 0 Å². The lowest BCUT2D eigenvalue weighted by molar-refractivity contribution is 0.128. The minimum atomic E-state index is 0.399. The van der Waals surface area contributed by atoms with Crippen LogP contribution in [-0.4, -0.2) is 6.04 Å². The van der Waals surface area contributed by atoms with Gasteiger partial charge in [0.15, 0.2) is 0 Å². The van der Waals surface area contributed by atoms with E-state index >= 15 is 0 Å². The molecule has 2 N–H and O–H groups in total. The molecular weight excluding hydrogens is 98.1 g/mol. The maximum atomic E-state index is 5.73. The molecule has 8 heavy (non-hydrogen) atoms. The topological polar surface area (TPSA) is 26.0 Å². The number of nitrogens with two attached hydrogens (primary N) is 1. The van der Waals surface area contributed by atoms with Gasteiger partial charge in [0.2, 0.25) is 0 Å². The molecule has 0 aliphatic heterocycles. The van der Waals surface area contributed by atoms with Gasteiger partial charge in [0, 0.05) is 6.04 Å². The van der Waals surface area contributed by atoms with Gasteiger partial charge in [-0.05, 0) is 25.2 Å². The first-order chi connectivity index (χ1) is 3.65. The molecule has 0 radical (unpaired) electrons. The second-order valence-corrected chi connectivity index (χ2v) is 3.30. The molecule has 1 nitrogen and oxygen atoms in total. The minimum absolute atomic E-state index is 0.399. The second-order valence-electron chi connectivity index (χ2n) is 3.30. The summed E-state index contributed by atoms with van der Waals surface area (Å²) in [6, 6.07) is 0.399. The molecular formula is C7H15N. The minimum Gasteiger partial charge on any atom is -0.327 e. The molecule has 1 saturated carbocycles. The van der Waals surface area contributed by atoms with E-state index in [2.05, 4.69) is 13.8 Å². The van der Waals surface area contributed by atoms with E-state index in [1.807, 2.05) is 0 Å². The Morgan fingerprint density at radius 3 is 2.00 bits per heavy atom. The normalized spacial score (nSPS) is 28.9. The van der Waals surface area contributed by atoms with Crippen molar-refractivity contribution < 1.29 is 0 Å². The van der Waals surface area contributed by atoms with Crippen LogP contribution in [0.25, 0.3) is 0 Å². The second kappa shape index (κ2) is 1.73. The highest BCUT2D eigenvalue weighted by atomic mass is 14.7. The van der Waals surface area contributed by atoms with Crippen LogP contribution >= 0.6 is 0 Å². The van der Waals surface area contributed by atoms with E-state index in [1.54, 1.807) is 0 Å². The summed E-state index contributed by atoms with van der Waals surface area (Å²) in [6.07, 6.45) is 4.06. The fourth-order valence-corrected chi connectivity index (χ4v) is 1.19. The molecule has 0 aromatic rings. The summed E-state index contributed by atoms with van der Waals surface area (Å²) in [5, 5.41) is 0. The van der Waals surface area contributed by atoms with Crippen molar-refractivity contribution in [3.05, 3.63) is 0 Å². The molecule has 0 aromatic carbocycles. The molecule has 0 aromatic heterocycles. The maximum Gasteiger partial charge on any atom is 0.00643 e.